The van der Waals surface area contributed by atoms with Crippen LogP contribution in [0.4, 0.5) is 5.69 Å². The highest BCUT2D eigenvalue weighted by atomic mass is 16.5. The minimum absolute atomic E-state index is 0.0959. The van der Waals surface area contributed by atoms with Crippen molar-refractivity contribution in [1.82, 2.24) is 4.90 Å². The highest BCUT2D eigenvalue weighted by molar-refractivity contribution is 6.31. The summed E-state index contributed by atoms with van der Waals surface area (Å²) in [7, 11) is 0. The first-order valence-corrected chi connectivity index (χ1v) is 14.2. The second-order valence-corrected chi connectivity index (χ2v) is 12.0. The quantitative estimate of drug-likeness (QED) is 0.493. The molecule has 2 heterocycles. The Morgan fingerprint density at radius 1 is 1.00 bits per heavy atom. The lowest BCUT2D eigenvalue weighted by Crippen LogP contribution is -2.52. The molecule has 0 aromatic heterocycles. The number of carbonyl (C=O) groups excluding carboxylic acids is 1. The third kappa shape index (κ3) is 4.59. The number of nitrogens with zero attached hydrogens (tertiary/aromatic N) is 3. The molecule has 3 aliphatic rings. The number of nitriles is 1. The van der Waals surface area contributed by atoms with Gasteiger partial charge in [0.15, 0.2) is 5.78 Å². The summed E-state index contributed by atoms with van der Waals surface area (Å²) in [6.45, 7) is 17.0. The van der Waals surface area contributed by atoms with Crippen LogP contribution in [-0.2, 0) is 16.6 Å². The molecule has 200 valence electrons. The van der Waals surface area contributed by atoms with E-state index in [9.17, 15) is 10.1 Å². The second-order valence-electron chi connectivity index (χ2n) is 12.0. The fraction of sp³-hybridized carbons (Fsp3) is 0.515. The molecule has 38 heavy (non-hydrogen) atoms. The zero-order valence-electron chi connectivity index (χ0n) is 23.7. The summed E-state index contributed by atoms with van der Waals surface area (Å²) in [5.41, 5.74) is 7.80. The third-order valence-corrected chi connectivity index (χ3v) is 9.54. The number of fused-ring (bicyclic) bond motifs is 1. The van der Waals surface area contributed by atoms with Gasteiger partial charge in [-0.05, 0) is 80.5 Å². The Balaban J connectivity index is 1.50. The lowest BCUT2D eigenvalue weighted by Gasteiger charge is -2.43. The Labute approximate surface area is 228 Å². The van der Waals surface area contributed by atoms with Crippen LogP contribution in [0.1, 0.15) is 86.5 Å². The molecule has 2 fully saturated rings. The van der Waals surface area contributed by atoms with E-state index in [2.05, 4.69) is 62.6 Å². The number of hydrogen-bond acceptors (Lipinski definition) is 5. The molecular weight excluding hydrogens is 470 g/mol. The molecular formula is C33H41N3O2. The second kappa shape index (κ2) is 10.3. The lowest BCUT2D eigenvalue weighted by molar-refractivity contribution is -0.0205. The van der Waals surface area contributed by atoms with E-state index >= 15 is 0 Å². The van der Waals surface area contributed by atoms with Crippen molar-refractivity contribution in [2.75, 3.05) is 44.3 Å². The van der Waals surface area contributed by atoms with E-state index in [0.717, 1.165) is 86.5 Å². The molecule has 0 N–H and O–H groups in total. The van der Waals surface area contributed by atoms with E-state index in [0.29, 0.717) is 5.56 Å². The van der Waals surface area contributed by atoms with E-state index in [4.69, 9.17) is 4.74 Å². The monoisotopic (exact) mass is 511 g/mol. The predicted octanol–water partition coefficient (Wildman–Crippen LogP) is 6.15. The number of benzene rings is 2. The van der Waals surface area contributed by atoms with Crippen molar-refractivity contribution in [2.45, 2.75) is 71.3 Å². The number of ketones is 1. The van der Waals surface area contributed by atoms with Crippen molar-refractivity contribution in [3.8, 4) is 6.07 Å². The molecule has 0 radical (unpaired) electrons. The van der Waals surface area contributed by atoms with Gasteiger partial charge in [-0.15, -0.1) is 0 Å². The minimum atomic E-state index is -0.276. The van der Waals surface area contributed by atoms with Crippen LogP contribution >= 0.6 is 0 Å². The number of ether oxygens (including phenoxy) is 1. The van der Waals surface area contributed by atoms with Gasteiger partial charge < -0.3 is 9.64 Å². The first kappa shape index (κ1) is 26.7. The van der Waals surface area contributed by atoms with Gasteiger partial charge in [0, 0.05) is 54.0 Å². The van der Waals surface area contributed by atoms with Crippen LogP contribution in [0.15, 0.2) is 42.0 Å². The summed E-state index contributed by atoms with van der Waals surface area (Å²) < 4.78 is 5.63. The van der Waals surface area contributed by atoms with E-state index in [1.54, 1.807) is 12.1 Å². The molecule has 2 aromatic carbocycles. The van der Waals surface area contributed by atoms with E-state index in [1.165, 1.54) is 17.7 Å². The summed E-state index contributed by atoms with van der Waals surface area (Å²) in [6.07, 6.45) is 4.40. The van der Waals surface area contributed by atoms with E-state index < -0.39 is 0 Å². The highest BCUT2D eigenvalue weighted by Crippen LogP contribution is 2.46. The van der Waals surface area contributed by atoms with Gasteiger partial charge in [0.05, 0.1) is 24.8 Å². The SMILES string of the molecule is CCc1cc2c(cc1N1CCCC(C)(N3CCOCC3)CC1)C(C)(C)C(C)=C(c1ccc(C#N)cc1)C2=O. The van der Waals surface area contributed by atoms with Crippen molar-refractivity contribution in [3.63, 3.8) is 0 Å². The molecule has 1 atom stereocenters. The van der Waals surface area contributed by atoms with Crippen LogP contribution in [0.2, 0.25) is 0 Å². The van der Waals surface area contributed by atoms with Crippen molar-refractivity contribution < 1.29 is 9.53 Å². The lowest BCUT2D eigenvalue weighted by atomic mass is 9.67. The Kier molecular flexibility index (Phi) is 7.24. The summed E-state index contributed by atoms with van der Waals surface area (Å²) in [5.74, 6) is 0.0959. The van der Waals surface area contributed by atoms with Crippen molar-refractivity contribution in [3.05, 3.63) is 69.8 Å². The van der Waals surface area contributed by atoms with Crippen LogP contribution in [-0.4, -0.2) is 55.6 Å². The molecule has 2 aromatic rings. The van der Waals surface area contributed by atoms with Gasteiger partial charge in [0.25, 0.3) is 0 Å². The maximum Gasteiger partial charge on any atom is 0.193 e. The van der Waals surface area contributed by atoms with Crippen molar-refractivity contribution in [2.24, 2.45) is 0 Å². The summed E-state index contributed by atoms with van der Waals surface area (Å²) in [4.78, 5) is 19.2. The van der Waals surface area contributed by atoms with Gasteiger partial charge in [-0.3, -0.25) is 9.69 Å². The molecule has 1 aliphatic carbocycles. The number of carbonyl (C=O) groups is 1. The average Bonchev–Trinajstić information content (AvgIpc) is 3.14. The van der Waals surface area contributed by atoms with Crippen molar-refractivity contribution in [1.29, 1.82) is 5.26 Å². The van der Waals surface area contributed by atoms with E-state index in [-0.39, 0.29) is 16.7 Å². The molecule has 5 heteroatoms. The van der Waals surface area contributed by atoms with Gasteiger partial charge in [0.2, 0.25) is 0 Å². The van der Waals surface area contributed by atoms with E-state index in [1.807, 2.05) is 12.1 Å². The zero-order chi connectivity index (χ0) is 27.1. The smallest absolute Gasteiger partial charge is 0.193 e. The van der Waals surface area contributed by atoms with Crippen LogP contribution in [0.5, 0.6) is 0 Å². The highest BCUT2D eigenvalue weighted by Gasteiger charge is 2.39. The molecule has 5 rings (SSSR count). The maximum absolute atomic E-state index is 14.0. The number of hydrogen-bond donors (Lipinski definition) is 0. The van der Waals surface area contributed by atoms with Crippen LogP contribution in [0.3, 0.4) is 0 Å². The minimum Gasteiger partial charge on any atom is -0.379 e. The standard InChI is InChI=1S/C33H41N3O2/c1-6-25-20-27-28(32(3,4)23(2)30(31(27)37)26-10-8-24(22-34)9-11-26)21-29(25)35-14-7-12-33(5,13-15-35)36-16-18-38-19-17-36/h8-11,20-21H,6-7,12-19H2,1-5H3. The van der Waals surface area contributed by atoms with Gasteiger partial charge in [0.1, 0.15) is 0 Å². The maximum atomic E-state index is 14.0. The Hall–Kier alpha value is -2.94. The Morgan fingerprint density at radius 3 is 2.37 bits per heavy atom. The number of aryl methyl sites for hydroxylation is 1. The third-order valence-electron chi connectivity index (χ3n) is 9.54. The number of morpholine rings is 1. The first-order chi connectivity index (χ1) is 18.2. The molecule has 0 amide bonds. The number of anilines is 1. The predicted molar refractivity (Wildman–Crippen MR) is 154 cm³/mol. The summed E-state index contributed by atoms with van der Waals surface area (Å²) in [6, 6.07) is 14.1. The number of allylic oxidation sites excluding steroid dienone is 2. The van der Waals surface area contributed by atoms with Crippen LogP contribution < -0.4 is 4.90 Å². The molecule has 0 saturated carbocycles. The fourth-order valence-corrected chi connectivity index (χ4v) is 6.72. The van der Waals surface area contributed by atoms with Crippen LogP contribution in [0.25, 0.3) is 5.57 Å². The number of rotatable bonds is 4. The van der Waals surface area contributed by atoms with Gasteiger partial charge in [-0.25, -0.2) is 0 Å². The Morgan fingerprint density at radius 2 is 1.71 bits per heavy atom. The van der Waals surface area contributed by atoms with Gasteiger partial charge in [-0.2, -0.15) is 5.26 Å². The van der Waals surface area contributed by atoms with Gasteiger partial charge in [-0.1, -0.05) is 38.5 Å². The normalized spacial score (nSPS) is 24.1. The molecule has 0 bridgehead atoms. The average molecular weight is 512 g/mol. The molecule has 5 nitrogen and oxygen atoms in total. The molecule has 2 saturated heterocycles. The molecule has 0 spiro atoms. The number of Topliss-reactive ketones (excluding diaryl/α,β-unsaturated/α-hetero) is 1. The first-order valence-electron chi connectivity index (χ1n) is 14.2. The largest absolute Gasteiger partial charge is 0.379 e. The van der Waals surface area contributed by atoms with Crippen molar-refractivity contribution >= 4 is 17.0 Å². The topological polar surface area (TPSA) is 56.6 Å². The fourth-order valence-electron chi connectivity index (χ4n) is 6.72. The molecule has 2 aliphatic heterocycles. The summed E-state index contributed by atoms with van der Waals surface area (Å²) >= 11 is 0. The Bertz CT molecular complexity index is 1290. The zero-order valence-corrected chi connectivity index (χ0v) is 23.7. The summed E-state index contributed by atoms with van der Waals surface area (Å²) in [5, 5.41) is 9.22. The van der Waals surface area contributed by atoms with Crippen LogP contribution in [0, 0.1) is 11.3 Å². The van der Waals surface area contributed by atoms with Gasteiger partial charge >= 0.3 is 0 Å². The molecule has 1 unspecified atom stereocenters.